The zero-order chi connectivity index (χ0) is 21.6. The molecule has 9 nitrogen and oxygen atoms in total. The van der Waals surface area contributed by atoms with Crippen molar-refractivity contribution in [3.63, 3.8) is 0 Å². The van der Waals surface area contributed by atoms with E-state index in [0.29, 0.717) is 17.5 Å². The van der Waals surface area contributed by atoms with Gasteiger partial charge in [0, 0.05) is 18.6 Å². The highest BCUT2D eigenvalue weighted by atomic mass is 32.2. The van der Waals surface area contributed by atoms with E-state index in [1.165, 1.54) is 0 Å². The molecule has 0 fully saturated rings. The Morgan fingerprint density at radius 3 is 2.21 bits per heavy atom. The number of aliphatic imine (C=N–C) groups is 2. The molecule has 29 heavy (non-hydrogen) atoms. The summed E-state index contributed by atoms with van der Waals surface area (Å²) in [5.74, 6) is 1.11. The predicted octanol–water partition coefficient (Wildman–Crippen LogP) is 1.19. The number of rotatable bonds is 8. The number of sulfonamides is 1. The summed E-state index contributed by atoms with van der Waals surface area (Å²) in [6.45, 7) is 11.9. The van der Waals surface area contributed by atoms with Gasteiger partial charge in [0.2, 0.25) is 21.9 Å². The summed E-state index contributed by atoms with van der Waals surface area (Å²) in [5.41, 5.74) is 1.59. The van der Waals surface area contributed by atoms with Crippen molar-refractivity contribution in [3.8, 4) is 0 Å². The molecule has 0 amide bonds. The first kappa shape index (κ1) is 23.1. The largest absolute Gasteiger partial charge is 0.354 e. The molecule has 1 aliphatic heterocycles. The van der Waals surface area contributed by atoms with Crippen LogP contribution in [0.2, 0.25) is 0 Å². The molecule has 1 aromatic carbocycles. The van der Waals surface area contributed by atoms with E-state index in [0.717, 1.165) is 5.56 Å². The van der Waals surface area contributed by atoms with E-state index in [-0.39, 0.29) is 30.1 Å². The summed E-state index contributed by atoms with van der Waals surface area (Å²) in [5, 5.41) is 9.46. The first-order valence-electron chi connectivity index (χ1n) is 9.71. The monoisotopic (exact) mass is 424 g/mol. The SMILES string of the molecule is Cc1ccc(C)c(S(=O)(=O)NCCOC2N=C(NC(C)C)NC(NC(C)C)=N2)c1. The van der Waals surface area contributed by atoms with Crippen molar-refractivity contribution in [2.75, 3.05) is 13.2 Å². The van der Waals surface area contributed by atoms with E-state index in [1.807, 2.05) is 40.7 Å². The number of hydrogen-bond acceptors (Lipinski definition) is 8. The topological polar surface area (TPSA) is 116 Å². The van der Waals surface area contributed by atoms with E-state index < -0.39 is 16.4 Å². The Balaban J connectivity index is 1.96. The maximum Gasteiger partial charge on any atom is 0.252 e. The van der Waals surface area contributed by atoms with Crippen LogP contribution in [-0.4, -0.2) is 51.9 Å². The molecule has 1 aliphatic rings. The van der Waals surface area contributed by atoms with Gasteiger partial charge in [-0.3, -0.25) is 5.32 Å². The summed E-state index contributed by atoms with van der Waals surface area (Å²) in [6, 6.07) is 5.71. The molecule has 162 valence electrons. The molecule has 0 saturated carbocycles. The van der Waals surface area contributed by atoms with Gasteiger partial charge in [-0.2, -0.15) is 9.98 Å². The molecule has 0 aromatic heterocycles. The number of benzene rings is 1. The Bertz CT molecular complexity index is 839. The second-order valence-corrected chi connectivity index (χ2v) is 9.28. The van der Waals surface area contributed by atoms with Crippen LogP contribution in [0.25, 0.3) is 0 Å². The maximum atomic E-state index is 12.6. The Morgan fingerprint density at radius 2 is 1.66 bits per heavy atom. The van der Waals surface area contributed by atoms with Gasteiger partial charge < -0.3 is 15.4 Å². The Morgan fingerprint density at radius 1 is 1.07 bits per heavy atom. The summed E-state index contributed by atoms with van der Waals surface area (Å²) >= 11 is 0. The van der Waals surface area contributed by atoms with Gasteiger partial charge in [0.25, 0.3) is 6.35 Å². The predicted molar refractivity (Wildman–Crippen MR) is 115 cm³/mol. The standard InChI is InChI=1S/C19H32N6O3S/c1-12(2)21-17-23-18(22-13(3)4)25-19(24-17)28-10-9-20-29(26,27)16-11-14(5)7-8-15(16)6/h7-8,11-13,19-20H,9-10H2,1-6H3,(H3,21,22,23,24,25). The fourth-order valence-electron chi connectivity index (χ4n) is 2.61. The molecule has 10 heteroatoms. The number of ether oxygens (including phenoxy) is 1. The smallest absolute Gasteiger partial charge is 0.252 e. The van der Waals surface area contributed by atoms with Crippen molar-refractivity contribution in [1.82, 2.24) is 20.7 Å². The molecule has 2 rings (SSSR count). The van der Waals surface area contributed by atoms with Crippen LogP contribution in [-0.2, 0) is 14.8 Å². The van der Waals surface area contributed by atoms with Gasteiger partial charge in [-0.15, -0.1) is 0 Å². The van der Waals surface area contributed by atoms with Gasteiger partial charge >= 0.3 is 0 Å². The Labute approximate surface area is 173 Å². The highest BCUT2D eigenvalue weighted by molar-refractivity contribution is 7.89. The molecule has 0 spiro atoms. The van der Waals surface area contributed by atoms with Gasteiger partial charge in [-0.25, -0.2) is 13.1 Å². The lowest BCUT2D eigenvalue weighted by Crippen LogP contribution is -2.53. The van der Waals surface area contributed by atoms with Crippen LogP contribution in [0.5, 0.6) is 0 Å². The third-order valence-electron chi connectivity index (χ3n) is 3.86. The fourth-order valence-corrected chi connectivity index (χ4v) is 3.95. The van der Waals surface area contributed by atoms with Gasteiger partial charge in [0.05, 0.1) is 11.5 Å². The lowest BCUT2D eigenvalue weighted by Gasteiger charge is -2.25. The zero-order valence-corrected chi connectivity index (χ0v) is 18.7. The molecular weight excluding hydrogens is 392 g/mol. The first-order chi connectivity index (χ1) is 13.6. The molecule has 0 bridgehead atoms. The number of nitrogens with zero attached hydrogens (tertiary/aromatic N) is 2. The Kier molecular flexibility index (Phi) is 8.00. The second-order valence-electron chi connectivity index (χ2n) is 7.54. The van der Waals surface area contributed by atoms with E-state index in [4.69, 9.17) is 4.74 Å². The van der Waals surface area contributed by atoms with Gasteiger partial charge in [0.15, 0.2) is 0 Å². The third-order valence-corrected chi connectivity index (χ3v) is 5.46. The van der Waals surface area contributed by atoms with Gasteiger partial charge in [-0.1, -0.05) is 12.1 Å². The van der Waals surface area contributed by atoms with E-state index in [2.05, 4.69) is 30.7 Å². The summed E-state index contributed by atoms with van der Waals surface area (Å²) in [4.78, 5) is 9.01. The quantitative estimate of drug-likeness (QED) is 0.466. The van der Waals surface area contributed by atoms with E-state index in [1.54, 1.807) is 19.1 Å². The first-order valence-corrected chi connectivity index (χ1v) is 11.2. The lowest BCUT2D eigenvalue weighted by atomic mass is 10.2. The maximum absolute atomic E-state index is 12.6. The average molecular weight is 425 g/mol. The summed E-state index contributed by atoms with van der Waals surface area (Å²) < 4.78 is 33.3. The normalized spacial score (nSPS) is 15.2. The molecule has 0 unspecified atom stereocenters. The van der Waals surface area contributed by atoms with Crippen LogP contribution in [0.4, 0.5) is 0 Å². The highest BCUT2D eigenvalue weighted by Gasteiger charge is 2.19. The second kappa shape index (κ2) is 10.0. The van der Waals surface area contributed by atoms with Crippen molar-refractivity contribution in [2.45, 2.75) is 64.9 Å². The van der Waals surface area contributed by atoms with Gasteiger partial charge in [0.1, 0.15) is 0 Å². The molecule has 1 heterocycles. The fraction of sp³-hybridized carbons (Fsp3) is 0.579. The summed E-state index contributed by atoms with van der Waals surface area (Å²) in [7, 11) is -3.61. The van der Waals surface area contributed by atoms with Crippen molar-refractivity contribution in [1.29, 1.82) is 0 Å². The molecule has 4 N–H and O–H groups in total. The van der Waals surface area contributed by atoms with Crippen LogP contribution in [0.1, 0.15) is 38.8 Å². The number of guanidine groups is 2. The highest BCUT2D eigenvalue weighted by Crippen LogP contribution is 2.16. The molecular formula is C19H32N6O3S. The van der Waals surface area contributed by atoms with Crippen molar-refractivity contribution in [2.24, 2.45) is 9.98 Å². The molecule has 0 saturated heterocycles. The molecule has 0 atom stereocenters. The van der Waals surface area contributed by atoms with Crippen LogP contribution in [0.3, 0.4) is 0 Å². The van der Waals surface area contributed by atoms with Crippen molar-refractivity contribution >= 4 is 21.9 Å². The number of nitrogens with one attached hydrogen (secondary N) is 4. The van der Waals surface area contributed by atoms with Crippen molar-refractivity contribution < 1.29 is 13.2 Å². The number of aryl methyl sites for hydroxylation is 2. The van der Waals surface area contributed by atoms with Crippen LogP contribution in [0, 0.1) is 13.8 Å². The summed E-state index contributed by atoms with van der Waals surface area (Å²) in [6.07, 6.45) is -0.760. The minimum atomic E-state index is -3.61. The van der Waals surface area contributed by atoms with Crippen LogP contribution >= 0.6 is 0 Å². The third kappa shape index (κ3) is 7.30. The van der Waals surface area contributed by atoms with Crippen LogP contribution < -0.4 is 20.7 Å². The minimum absolute atomic E-state index is 0.116. The minimum Gasteiger partial charge on any atom is -0.354 e. The molecule has 0 radical (unpaired) electrons. The molecule has 1 aromatic rings. The van der Waals surface area contributed by atoms with Gasteiger partial charge in [-0.05, 0) is 58.7 Å². The van der Waals surface area contributed by atoms with Crippen molar-refractivity contribution in [3.05, 3.63) is 29.3 Å². The average Bonchev–Trinajstić information content (AvgIpc) is 2.59. The Hall–Kier alpha value is -2.17. The van der Waals surface area contributed by atoms with E-state index >= 15 is 0 Å². The molecule has 0 aliphatic carbocycles. The van der Waals surface area contributed by atoms with E-state index in [9.17, 15) is 8.42 Å². The van der Waals surface area contributed by atoms with Crippen LogP contribution in [0.15, 0.2) is 33.1 Å². The zero-order valence-electron chi connectivity index (χ0n) is 17.9. The number of hydrogen-bond donors (Lipinski definition) is 4. The lowest BCUT2D eigenvalue weighted by molar-refractivity contribution is 0.0680.